The Morgan fingerprint density at radius 3 is 2.74 bits per heavy atom. The number of aromatic hydroxyl groups is 1. The molecule has 4 heteroatoms. The highest BCUT2D eigenvalue weighted by atomic mass is 32.2. The highest BCUT2D eigenvalue weighted by Gasteiger charge is 2.11. The number of hydrogen-bond donors (Lipinski definition) is 3. The third-order valence-electron chi connectivity index (χ3n) is 3.04. The number of nitrogens with one attached hydrogen (secondary N) is 1. The van der Waals surface area contributed by atoms with Crippen LogP contribution >= 0.6 is 11.8 Å². The summed E-state index contributed by atoms with van der Waals surface area (Å²) in [6.07, 6.45) is 0. The number of benzene rings is 2. The molecule has 0 saturated carbocycles. The van der Waals surface area contributed by atoms with E-state index in [1.54, 1.807) is 23.9 Å². The van der Waals surface area contributed by atoms with Crippen LogP contribution in [0.4, 0.5) is 5.69 Å². The van der Waals surface area contributed by atoms with E-state index < -0.39 is 0 Å². The number of phenolic OH excluding ortho intramolecular Hbond substituents is 1. The second-order valence-electron chi connectivity index (χ2n) is 4.45. The molecule has 0 aliphatic carbocycles. The Bertz CT molecular complexity index is 749. The van der Waals surface area contributed by atoms with Crippen molar-refractivity contribution in [2.75, 3.05) is 5.73 Å². The number of para-hydroxylation sites is 1. The summed E-state index contributed by atoms with van der Waals surface area (Å²) in [5.41, 5.74) is 8.84. The Morgan fingerprint density at radius 2 is 1.95 bits per heavy atom. The average Bonchev–Trinajstić information content (AvgIpc) is 2.69. The van der Waals surface area contributed by atoms with Crippen LogP contribution in [0.25, 0.3) is 10.9 Å². The van der Waals surface area contributed by atoms with Gasteiger partial charge in [0.1, 0.15) is 5.75 Å². The van der Waals surface area contributed by atoms with Gasteiger partial charge in [-0.25, -0.2) is 0 Å². The number of rotatable bonds is 2. The molecule has 0 aliphatic rings. The molecule has 1 heterocycles. The smallest absolute Gasteiger partial charge is 0.116 e. The van der Waals surface area contributed by atoms with Crippen molar-refractivity contribution >= 4 is 28.4 Å². The molecule has 0 spiro atoms. The van der Waals surface area contributed by atoms with Gasteiger partial charge in [0.25, 0.3) is 0 Å². The molecule has 2 aromatic carbocycles. The summed E-state index contributed by atoms with van der Waals surface area (Å²) in [6.45, 7) is 2.03. The van der Waals surface area contributed by atoms with Crippen molar-refractivity contribution in [3.63, 3.8) is 0 Å². The van der Waals surface area contributed by atoms with Crippen LogP contribution in [0, 0.1) is 6.92 Å². The van der Waals surface area contributed by atoms with Crippen LogP contribution in [-0.2, 0) is 0 Å². The van der Waals surface area contributed by atoms with E-state index in [-0.39, 0.29) is 5.75 Å². The fraction of sp³-hybridized carbons (Fsp3) is 0.0667. The van der Waals surface area contributed by atoms with Gasteiger partial charge in [0.2, 0.25) is 0 Å². The molecule has 0 aliphatic heterocycles. The normalized spacial score (nSPS) is 11.0. The van der Waals surface area contributed by atoms with Crippen LogP contribution in [0.2, 0.25) is 0 Å². The van der Waals surface area contributed by atoms with Crippen molar-refractivity contribution in [1.29, 1.82) is 0 Å². The van der Waals surface area contributed by atoms with Crippen molar-refractivity contribution in [2.45, 2.75) is 16.7 Å². The maximum atomic E-state index is 9.64. The van der Waals surface area contributed by atoms with Crippen LogP contribution in [0.1, 0.15) is 5.69 Å². The van der Waals surface area contributed by atoms with Crippen LogP contribution < -0.4 is 5.73 Å². The second kappa shape index (κ2) is 4.55. The molecule has 0 amide bonds. The first kappa shape index (κ1) is 12.0. The number of nitrogens with two attached hydrogens (primary N) is 1. The van der Waals surface area contributed by atoms with E-state index in [2.05, 4.69) is 4.98 Å². The zero-order chi connectivity index (χ0) is 13.4. The van der Waals surface area contributed by atoms with Crippen molar-refractivity contribution in [3.8, 4) is 5.75 Å². The molecule has 96 valence electrons. The van der Waals surface area contributed by atoms with E-state index >= 15 is 0 Å². The lowest BCUT2D eigenvalue weighted by molar-refractivity contribution is 0.476. The Hall–Kier alpha value is -2.07. The average molecular weight is 270 g/mol. The molecule has 3 nitrogen and oxygen atoms in total. The van der Waals surface area contributed by atoms with Gasteiger partial charge in [0.05, 0.1) is 0 Å². The molecule has 3 aromatic rings. The number of nitrogen functional groups attached to an aromatic ring is 1. The first-order chi connectivity index (χ1) is 9.15. The molecule has 0 radical (unpaired) electrons. The summed E-state index contributed by atoms with van der Waals surface area (Å²) in [7, 11) is 0. The predicted octanol–water partition coefficient (Wildman–Crippen LogP) is 3.92. The molecule has 0 saturated heterocycles. The second-order valence-corrected chi connectivity index (χ2v) is 5.50. The minimum Gasteiger partial charge on any atom is -0.508 e. The standard InChI is InChI=1S/C15H14N2OS/c1-9-15(19-14-5-3-2-4-12(14)16)11-8-10(18)6-7-13(11)17-9/h2-8,17-18H,16H2,1H3. The number of fused-ring (bicyclic) bond motifs is 1. The SMILES string of the molecule is Cc1[nH]c2ccc(O)cc2c1Sc1ccccc1N. The quantitative estimate of drug-likeness (QED) is 0.618. The summed E-state index contributed by atoms with van der Waals surface area (Å²) in [6, 6.07) is 13.1. The summed E-state index contributed by atoms with van der Waals surface area (Å²) in [4.78, 5) is 5.44. The molecule has 19 heavy (non-hydrogen) atoms. The molecular weight excluding hydrogens is 256 g/mol. The van der Waals surface area contributed by atoms with Gasteiger partial charge in [-0.3, -0.25) is 0 Å². The van der Waals surface area contributed by atoms with Gasteiger partial charge in [-0.15, -0.1) is 0 Å². The molecule has 4 N–H and O–H groups in total. The lowest BCUT2D eigenvalue weighted by atomic mass is 10.2. The molecular formula is C15H14N2OS. The number of H-pyrrole nitrogens is 1. The zero-order valence-electron chi connectivity index (χ0n) is 10.5. The number of aryl methyl sites for hydroxylation is 1. The van der Waals surface area contributed by atoms with Crippen molar-refractivity contribution < 1.29 is 5.11 Å². The summed E-state index contributed by atoms with van der Waals surface area (Å²) in [5.74, 6) is 0.273. The van der Waals surface area contributed by atoms with E-state index in [0.717, 1.165) is 32.1 Å². The fourth-order valence-corrected chi connectivity index (χ4v) is 3.14. The first-order valence-corrected chi connectivity index (χ1v) is 6.80. The van der Waals surface area contributed by atoms with Crippen molar-refractivity contribution in [2.24, 2.45) is 0 Å². The Balaban J connectivity index is 2.12. The molecule has 0 unspecified atom stereocenters. The van der Waals surface area contributed by atoms with Gasteiger partial charge in [-0.1, -0.05) is 23.9 Å². The zero-order valence-corrected chi connectivity index (χ0v) is 11.3. The largest absolute Gasteiger partial charge is 0.508 e. The van der Waals surface area contributed by atoms with E-state index in [0.29, 0.717) is 0 Å². The van der Waals surface area contributed by atoms with Crippen LogP contribution in [0.3, 0.4) is 0 Å². The van der Waals surface area contributed by atoms with Gasteiger partial charge in [-0.2, -0.15) is 0 Å². The number of hydrogen-bond acceptors (Lipinski definition) is 3. The van der Waals surface area contributed by atoms with Gasteiger partial charge in [0, 0.05) is 32.1 Å². The molecule has 3 rings (SSSR count). The number of anilines is 1. The third-order valence-corrected chi connectivity index (χ3v) is 4.36. The predicted molar refractivity (Wildman–Crippen MR) is 79.7 cm³/mol. The lowest BCUT2D eigenvalue weighted by Crippen LogP contribution is -1.87. The first-order valence-electron chi connectivity index (χ1n) is 5.99. The monoisotopic (exact) mass is 270 g/mol. The summed E-state index contributed by atoms with van der Waals surface area (Å²) < 4.78 is 0. The minimum atomic E-state index is 0.273. The van der Waals surface area contributed by atoms with Crippen molar-refractivity contribution in [1.82, 2.24) is 4.98 Å². The Labute approximate surface area is 115 Å². The van der Waals surface area contributed by atoms with Gasteiger partial charge < -0.3 is 15.8 Å². The molecule has 0 atom stereocenters. The molecule has 1 aromatic heterocycles. The summed E-state index contributed by atoms with van der Waals surface area (Å²) in [5, 5.41) is 10.7. The highest BCUT2D eigenvalue weighted by Crippen LogP contribution is 2.39. The minimum absolute atomic E-state index is 0.273. The van der Waals surface area contributed by atoms with E-state index in [4.69, 9.17) is 5.73 Å². The fourth-order valence-electron chi connectivity index (χ4n) is 2.10. The van der Waals surface area contributed by atoms with Crippen LogP contribution in [0.15, 0.2) is 52.3 Å². The van der Waals surface area contributed by atoms with Crippen LogP contribution in [-0.4, -0.2) is 10.1 Å². The molecule has 0 bridgehead atoms. The highest BCUT2D eigenvalue weighted by molar-refractivity contribution is 7.99. The van der Waals surface area contributed by atoms with Crippen molar-refractivity contribution in [3.05, 3.63) is 48.2 Å². The lowest BCUT2D eigenvalue weighted by Gasteiger charge is -2.05. The number of aromatic nitrogens is 1. The summed E-state index contributed by atoms with van der Waals surface area (Å²) >= 11 is 1.62. The maximum absolute atomic E-state index is 9.64. The van der Waals surface area contributed by atoms with E-state index in [1.807, 2.05) is 37.3 Å². The maximum Gasteiger partial charge on any atom is 0.116 e. The molecule has 0 fully saturated rings. The van der Waals surface area contributed by atoms with Gasteiger partial charge >= 0.3 is 0 Å². The third kappa shape index (κ3) is 2.15. The van der Waals surface area contributed by atoms with E-state index in [1.165, 1.54) is 0 Å². The van der Waals surface area contributed by atoms with Crippen LogP contribution in [0.5, 0.6) is 5.75 Å². The van der Waals surface area contributed by atoms with Gasteiger partial charge in [-0.05, 0) is 37.3 Å². The number of phenols is 1. The Kier molecular flexibility index (Phi) is 2.87. The Morgan fingerprint density at radius 1 is 1.16 bits per heavy atom. The number of aromatic amines is 1. The van der Waals surface area contributed by atoms with E-state index in [9.17, 15) is 5.11 Å². The van der Waals surface area contributed by atoms with Gasteiger partial charge in [0.15, 0.2) is 0 Å². The topological polar surface area (TPSA) is 62.0 Å².